The van der Waals surface area contributed by atoms with E-state index in [0.29, 0.717) is 29.7 Å². The van der Waals surface area contributed by atoms with E-state index < -0.39 is 0 Å². The maximum atomic E-state index is 12.3. The summed E-state index contributed by atoms with van der Waals surface area (Å²) in [5, 5.41) is 5.75. The largest absolute Gasteiger partial charge is 0.493 e. The first-order chi connectivity index (χ1) is 12.5. The summed E-state index contributed by atoms with van der Waals surface area (Å²) < 4.78 is 16.1. The Morgan fingerprint density at radius 2 is 1.65 bits per heavy atom. The monoisotopic (exact) mass is 358 g/mol. The smallest absolute Gasteiger partial charge is 0.319 e. The summed E-state index contributed by atoms with van der Waals surface area (Å²) in [6, 6.07) is 11.1. The Labute approximate surface area is 154 Å². The number of para-hydroxylation sites is 1. The predicted octanol–water partition coefficient (Wildman–Crippen LogP) is 4.16. The highest BCUT2D eigenvalue weighted by molar-refractivity contribution is 5.90. The van der Waals surface area contributed by atoms with Gasteiger partial charge in [0.2, 0.25) is 5.75 Å². The lowest BCUT2D eigenvalue weighted by Crippen LogP contribution is -2.28. The maximum Gasteiger partial charge on any atom is 0.319 e. The lowest BCUT2D eigenvalue weighted by molar-refractivity contribution is 0.251. The van der Waals surface area contributed by atoms with Crippen molar-refractivity contribution in [2.75, 3.05) is 26.6 Å². The number of amides is 2. The van der Waals surface area contributed by atoms with Crippen molar-refractivity contribution in [3.05, 3.63) is 47.5 Å². The summed E-state index contributed by atoms with van der Waals surface area (Å²) in [4.78, 5) is 12.3. The second-order valence-corrected chi connectivity index (χ2v) is 6.04. The van der Waals surface area contributed by atoms with Crippen molar-refractivity contribution in [2.24, 2.45) is 0 Å². The van der Waals surface area contributed by atoms with Gasteiger partial charge in [-0.1, -0.05) is 32.0 Å². The van der Waals surface area contributed by atoms with Crippen LogP contribution in [0.5, 0.6) is 17.2 Å². The fourth-order valence-corrected chi connectivity index (χ4v) is 2.76. The van der Waals surface area contributed by atoms with Gasteiger partial charge in [0.15, 0.2) is 11.5 Å². The Bertz CT molecular complexity index is 759. The SMILES string of the molecule is COc1ccc(CNC(=O)Nc2ccccc2C(C)C)c(OC)c1OC. The van der Waals surface area contributed by atoms with Gasteiger partial charge in [-0.3, -0.25) is 0 Å². The van der Waals surface area contributed by atoms with Crippen molar-refractivity contribution in [3.63, 3.8) is 0 Å². The number of hydrogen-bond acceptors (Lipinski definition) is 4. The van der Waals surface area contributed by atoms with Crippen molar-refractivity contribution < 1.29 is 19.0 Å². The molecule has 2 N–H and O–H groups in total. The van der Waals surface area contributed by atoms with Crippen molar-refractivity contribution in [1.82, 2.24) is 5.32 Å². The molecule has 0 saturated carbocycles. The van der Waals surface area contributed by atoms with Crippen LogP contribution >= 0.6 is 0 Å². The second kappa shape index (κ2) is 8.99. The molecule has 2 amide bonds. The van der Waals surface area contributed by atoms with Crippen LogP contribution < -0.4 is 24.8 Å². The summed E-state index contributed by atoms with van der Waals surface area (Å²) in [6.07, 6.45) is 0. The van der Waals surface area contributed by atoms with Crippen molar-refractivity contribution >= 4 is 11.7 Å². The zero-order chi connectivity index (χ0) is 19.1. The first-order valence-electron chi connectivity index (χ1n) is 8.43. The first kappa shape index (κ1) is 19.4. The second-order valence-electron chi connectivity index (χ2n) is 6.04. The van der Waals surface area contributed by atoms with Gasteiger partial charge in [-0.15, -0.1) is 0 Å². The topological polar surface area (TPSA) is 68.8 Å². The van der Waals surface area contributed by atoms with Crippen molar-refractivity contribution in [2.45, 2.75) is 26.3 Å². The molecule has 2 rings (SSSR count). The molecule has 0 bridgehead atoms. The van der Waals surface area contributed by atoms with E-state index in [1.807, 2.05) is 30.3 Å². The molecule has 0 unspecified atom stereocenters. The summed E-state index contributed by atoms with van der Waals surface area (Å²) >= 11 is 0. The normalized spacial score (nSPS) is 10.4. The molecule has 0 heterocycles. The molecule has 0 fully saturated rings. The van der Waals surface area contributed by atoms with Crippen LogP contribution in [0.2, 0.25) is 0 Å². The van der Waals surface area contributed by atoms with E-state index in [1.165, 1.54) is 0 Å². The van der Waals surface area contributed by atoms with Gasteiger partial charge >= 0.3 is 6.03 Å². The minimum absolute atomic E-state index is 0.282. The molecule has 0 aliphatic heterocycles. The predicted molar refractivity (Wildman–Crippen MR) is 102 cm³/mol. The van der Waals surface area contributed by atoms with Crippen LogP contribution in [0.25, 0.3) is 0 Å². The number of methoxy groups -OCH3 is 3. The molecule has 26 heavy (non-hydrogen) atoms. The highest BCUT2D eigenvalue weighted by Gasteiger charge is 2.16. The number of anilines is 1. The minimum Gasteiger partial charge on any atom is -0.493 e. The molecule has 0 radical (unpaired) electrons. The van der Waals surface area contributed by atoms with Gasteiger partial charge in [0.25, 0.3) is 0 Å². The van der Waals surface area contributed by atoms with E-state index in [0.717, 1.165) is 16.8 Å². The molecule has 0 aliphatic rings. The van der Waals surface area contributed by atoms with Gasteiger partial charge in [-0.05, 0) is 29.7 Å². The Kier molecular flexibility index (Phi) is 6.72. The highest BCUT2D eigenvalue weighted by Crippen LogP contribution is 2.39. The number of carbonyl (C=O) groups is 1. The fraction of sp³-hybridized carbons (Fsp3) is 0.350. The molecule has 0 saturated heterocycles. The average Bonchev–Trinajstić information content (AvgIpc) is 2.65. The Morgan fingerprint density at radius 1 is 0.962 bits per heavy atom. The fourth-order valence-electron chi connectivity index (χ4n) is 2.76. The van der Waals surface area contributed by atoms with Gasteiger partial charge in [0, 0.05) is 17.8 Å². The zero-order valence-electron chi connectivity index (χ0n) is 15.9. The molecule has 6 nitrogen and oxygen atoms in total. The molecule has 0 aliphatic carbocycles. The van der Waals surface area contributed by atoms with Gasteiger partial charge < -0.3 is 24.8 Å². The van der Waals surface area contributed by atoms with E-state index in [-0.39, 0.29) is 6.03 Å². The van der Waals surface area contributed by atoms with Crippen molar-refractivity contribution in [1.29, 1.82) is 0 Å². The molecule has 2 aromatic rings. The molecular formula is C20H26N2O4. The minimum atomic E-state index is -0.282. The van der Waals surface area contributed by atoms with Gasteiger partial charge in [0.1, 0.15) is 0 Å². The number of urea groups is 1. The highest BCUT2D eigenvalue weighted by atomic mass is 16.5. The van der Waals surface area contributed by atoms with Gasteiger partial charge in [-0.2, -0.15) is 0 Å². The van der Waals surface area contributed by atoms with E-state index in [2.05, 4.69) is 24.5 Å². The third-order valence-corrected chi connectivity index (χ3v) is 4.06. The Morgan fingerprint density at radius 3 is 2.27 bits per heavy atom. The standard InChI is InChI=1S/C20H26N2O4/c1-13(2)15-8-6-7-9-16(15)22-20(23)21-12-14-10-11-17(24-3)19(26-5)18(14)25-4/h6-11,13H,12H2,1-5H3,(H2,21,22,23). The Hall–Kier alpha value is -2.89. The quantitative estimate of drug-likeness (QED) is 0.780. The molecule has 2 aromatic carbocycles. The van der Waals surface area contributed by atoms with E-state index in [4.69, 9.17) is 14.2 Å². The number of hydrogen-bond donors (Lipinski definition) is 2. The summed E-state index contributed by atoms with van der Waals surface area (Å²) in [5.41, 5.74) is 2.68. The number of benzene rings is 2. The zero-order valence-corrected chi connectivity index (χ0v) is 15.9. The Balaban J connectivity index is 2.11. The van der Waals surface area contributed by atoms with Crippen molar-refractivity contribution in [3.8, 4) is 17.2 Å². The third kappa shape index (κ3) is 4.39. The van der Waals surface area contributed by atoms with Crippen LogP contribution in [0.15, 0.2) is 36.4 Å². The number of nitrogens with one attached hydrogen (secondary N) is 2. The summed E-state index contributed by atoms with van der Waals surface area (Å²) in [5.74, 6) is 1.93. The van der Waals surface area contributed by atoms with E-state index >= 15 is 0 Å². The molecular weight excluding hydrogens is 332 g/mol. The van der Waals surface area contributed by atoms with E-state index in [9.17, 15) is 4.79 Å². The third-order valence-electron chi connectivity index (χ3n) is 4.06. The molecule has 0 atom stereocenters. The summed E-state index contributed by atoms with van der Waals surface area (Å²) in [6.45, 7) is 4.47. The molecule has 0 spiro atoms. The number of rotatable bonds is 7. The van der Waals surface area contributed by atoms with Crippen LogP contribution in [0.1, 0.15) is 30.9 Å². The maximum absolute atomic E-state index is 12.3. The number of ether oxygens (including phenoxy) is 3. The van der Waals surface area contributed by atoms with Crippen LogP contribution in [0, 0.1) is 0 Å². The average molecular weight is 358 g/mol. The lowest BCUT2D eigenvalue weighted by Gasteiger charge is -2.17. The van der Waals surface area contributed by atoms with E-state index in [1.54, 1.807) is 27.4 Å². The van der Waals surface area contributed by atoms with Crippen LogP contribution in [-0.4, -0.2) is 27.4 Å². The molecule has 140 valence electrons. The number of carbonyl (C=O) groups excluding carboxylic acids is 1. The molecule has 0 aromatic heterocycles. The van der Waals surface area contributed by atoms with Gasteiger partial charge in [-0.25, -0.2) is 4.79 Å². The van der Waals surface area contributed by atoms with Gasteiger partial charge in [0.05, 0.1) is 21.3 Å². The van der Waals surface area contributed by atoms with Crippen LogP contribution in [0.3, 0.4) is 0 Å². The van der Waals surface area contributed by atoms with Crippen LogP contribution in [0.4, 0.5) is 10.5 Å². The lowest BCUT2D eigenvalue weighted by atomic mass is 10.0. The summed E-state index contributed by atoms with van der Waals surface area (Å²) in [7, 11) is 4.67. The van der Waals surface area contributed by atoms with Crippen LogP contribution in [-0.2, 0) is 6.54 Å². The first-order valence-corrected chi connectivity index (χ1v) is 8.43. The molecule has 6 heteroatoms.